The third kappa shape index (κ3) is 2.24. The maximum absolute atomic E-state index is 12.9. The minimum absolute atomic E-state index is 0.0189. The zero-order valence-electron chi connectivity index (χ0n) is 13.1. The van der Waals surface area contributed by atoms with E-state index < -0.39 is 14.8 Å². The Morgan fingerprint density at radius 2 is 2.10 bits per heavy atom. The van der Waals surface area contributed by atoms with E-state index in [9.17, 15) is 8.42 Å². The summed E-state index contributed by atoms with van der Waals surface area (Å²) < 4.78 is 32.3. The molecule has 0 amide bonds. The van der Waals surface area contributed by atoms with Crippen LogP contribution in [0.25, 0.3) is 0 Å². The standard InChI is InChI=1S/C15H27NO3S/c1-6-7-10-15-11-8-9-12(19-5)13(15)16(15)20(17,18)14(2,3)4/h6,12-13H,1,7-11H2,2-5H3/t12-,13-,15+,16?/m1/s1. The van der Waals surface area contributed by atoms with Crippen molar-refractivity contribution < 1.29 is 13.2 Å². The van der Waals surface area contributed by atoms with Crippen LogP contribution in [-0.2, 0) is 14.8 Å². The smallest absolute Gasteiger partial charge is 0.220 e. The van der Waals surface area contributed by atoms with Crippen LogP contribution >= 0.6 is 0 Å². The number of rotatable bonds is 5. The number of sulfonamides is 1. The lowest BCUT2D eigenvalue weighted by atomic mass is 9.84. The number of allylic oxidation sites excluding steroid dienone is 1. The predicted octanol–water partition coefficient (Wildman–Crippen LogP) is 2.70. The van der Waals surface area contributed by atoms with E-state index in [0.29, 0.717) is 0 Å². The highest BCUT2D eigenvalue weighted by Crippen LogP contribution is 2.57. The molecule has 2 rings (SSSR count). The lowest BCUT2D eigenvalue weighted by molar-refractivity contribution is 0.0725. The molecule has 1 aliphatic carbocycles. The van der Waals surface area contributed by atoms with Crippen molar-refractivity contribution in [3.63, 3.8) is 0 Å². The van der Waals surface area contributed by atoms with Gasteiger partial charge in [-0.25, -0.2) is 8.42 Å². The molecular formula is C15H27NO3S. The molecule has 1 unspecified atom stereocenters. The molecular weight excluding hydrogens is 274 g/mol. The van der Waals surface area contributed by atoms with E-state index in [2.05, 4.69) is 6.58 Å². The molecule has 2 fully saturated rings. The third-order valence-corrected chi connectivity index (χ3v) is 7.40. The zero-order valence-corrected chi connectivity index (χ0v) is 13.9. The minimum atomic E-state index is -3.30. The lowest BCUT2D eigenvalue weighted by Crippen LogP contribution is -2.37. The second-order valence-electron chi connectivity index (χ2n) is 6.96. The molecule has 4 atom stereocenters. The SMILES string of the molecule is C=CCC[C@]12CCC[C@@H](OC)[C@H]1N2S(=O)(=O)C(C)(C)C. The lowest BCUT2D eigenvalue weighted by Gasteiger charge is -2.25. The largest absolute Gasteiger partial charge is 0.380 e. The van der Waals surface area contributed by atoms with Crippen LogP contribution in [0, 0.1) is 0 Å². The van der Waals surface area contributed by atoms with Gasteiger partial charge in [0.05, 0.1) is 22.4 Å². The summed E-state index contributed by atoms with van der Waals surface area (Å²) in [4.78, 5) is 0. The Morgan fingerprint density at radius 3 is 2.60 bits per heavy atom. The van der Waals surface area contributed by atoms with E-state index in [0.717, 1.165) is 32.1 Å². The summed E-state index contributed by atoms with van der Waals surface area (Å²) in [5.41, 5.74) is -0.223. The van der Waals surface area contributed by atoms with Crippen LogP contribution in [0.3, 0.4) is 0 Å². The van der Waals surface area contributed by atoms with Crippen molar-refractivity contribution in [1.82, 2.24) is 4.31 Å². The van der Waals surface area contributed by atoms with E-state index in [-0.39, 0.29) is 17.7 Å². The van der Waals surface area contributed by atoms with Crippen molar-refractivity contribution in [3.05, 3.63) is 12.7 Å². The Labute approximate surface area is 123 Å². The number of nitrogens with zero attached hydrogens (tertiary/aromatic N) is 1. The van der Waals surface area contributed by atoms with Gasteiger partial charge in [0.25, 0.3) is 0 Å². The average molecular weight is 301 g/mol. The van der Waals surface area contributed by atoms with Gasteiger partial charge in [-0.2, -0.15) is 4.31 Å². The number of methoxy groups -OCH3 is 1. The molecule has 2 aliphatic rings. The number of ether oxygens (including phenoxy) is 1. The van der Waals surface area contributed by atoms with E-state index in [4.69, 9.17) is 4.74 Å². The highest BCUT2D eigenvalue weighted by Gasteiger charge is 2.72. The van der Waals surface area contributed by atoms with Crippen LogP contribution in [0.1, 0.15) is 52.9 Å². The predicted molar refractivity (Wildman–Crippen MR) is 81.1 cm³/mol. The number of hydrogen-bond acceptors (Lipinski definition) is 3. The van der Waals surface area contributed by atoms with E-state index in [1.54, 1.807) is 32.2 Å². The Balaban J connectivity index is 2.35. The highest BCUT2D eigenvalue weighted by atomic mass is 32.2. The molecule has 0 aromatic rings. The van der Waals surface area contributed by atoms with Gasteiger partial charge in [-0.3, -0.25) is 0 Å². The van der Waals surface area contributed by atoms with Gasteiger partial charge < -0.3 is 4.74 Å². The molecule has 20 heavy (non-hydrogen) atoms. The molecule has 0 aromatic carbocycles. The van der Waals surface area contributed by atoms with Crippen LogP contribution in [0.2, 0.25) is 0 Å². The molecule has 0 N–H and O–H groups in total. The van der Waals surface area contributed by atoms with Gasteiger partial charge >= 0.3 is 0 Å². The maximum atomic E-state index is 12.9. The second kappa shape index (κ2) is 5.11. The summed E-state index contributed by atoms with van der Waals surface area (Å²) in [6, 6.07) is 0.0189. The van der Waals surface area contributed by atoms with E-state index >= 15 is 0 Å². The van der Waals surface area contributed by atoms with Crippen molar-refractivity contribution in [1.29, 1.82) is 0 Å². The average Bonchev–Trinajstić information content (AvgIpc) is 3.04. The topological polar surface area (TPSA) is 46.4 Å². The second-order valence-corrected chi connectivity index (χ2v) is 9.52. The first-order valence-corrected chi connectivity index (χ1v) is 8.84. The summed E-state index contributed by atoms with van der Waals surface area (Å²) in [6.07, 6.45) is 6.54. The molecule has 0 radical (unpaired) electrons. The van der Waals surface area contributed by atoms with Crippen molar-refractivity contribution in [2.45, 2.75) is 75.3 Å². The van der Waals surface area contributed by atoms with Crippen LogP contribution in [0.4, 0.5) is 0 Å². The molecule has 5 heteroatoms. The summed E-state index contributed by atoms with van der Waals surface area (Å²) in [6.45, 7) is 9.09. The van der Waals surface area contributed by atoms with Gasteiger partial charge in [0.1, 0.15) is 0 Å². The van der Waals surface area contributed by atoms with Crippen molar-refractivity contribution >= 4 is 10.0 Å². The van der Waals surface area contributed by atoms with E-state index in [1.807, 2.05) is 6.08 Å². The van der Waals surface area contributed by atoms with Gasteiger partial charge in [-0.15, -0.1) is 6.58 Å². The fourth-order valence-electron chi connectivity index (χ4n) is 3.56. The van der Waals surface area contributed by atoms with Crippen molar-refractivity contribution in [2.75, 3.05) is 7.11 Å². The van der Waals surface area contributed by atoms with Crippen molar-refractivity contribution in [2.24, 2.45) is 0 Å². The molecule has 0 bridgehead atoms. The highest BCUT2D eigenvalue weighted by molar-refractivity contribution is 7.90. The molecule has 1 heterocycles. The van der Waals surface area contributed by atoms with Gasteiger partial charge in [0, 0.05) is 7.11 Å². The molecule has 0 aromatic heterocycles. The first kappa shape index (κ1) is 16.0. The number of fused-ring (bicyclic) bond motifs is 1. The monoisotopic (exact) mass is 301 g/mol. The van der Waals surface area contributed by atoms with Crippen LogP contribution in [0.15, 0.2) is 12.7 Å². The van der Waals surface area contributed by atoms with E-state index in [1.165, 1.54) is 0 Å². The fourth-order valence-corrected chi connectivity index (χ4v) is 5.50. The summed E-state index contributed by atoms with van der Waals surface area (Å²) in [5.74, 6) is 0. The number of hydrogen-bond donors (Lipinski definition) is 0. The Hall–Kier alpha value is -0.390. The molecule has 4 nitrogen and oxygen atoms in total. The van der Waals surface area contributed by atoms with Crippen molar-refractivity contribution in [3.8, 4) is 0 Å². The molecule has 1 saturated carbocycles. The molecule has 0 spiro atoms. The first-order valence-electron chi connectivity index (χ1n) is 7.40. The van der Waals surface area contributed by atoms with Crippen LogP contribution in [0.5, 0.6) is 0 Å². The summed E-state index contributed by atoms with van der Waals surface area (Å²) in [7, 11) is -1.61. The van der Waals surface area contributed by atoms with Gasteiger partial charge in [-0.05, 0) is 52.9 Å². The minimum Gasteiger partial charge on any atom is -0.380 e. The normalized spacial score (nSPS) is 37.3. The first-order chi connectivity index (χ1) is 9.22. The molecule has 1 saturated heterocycles. The fraction of sp³-hybridized carbons (Fsp3) is 0.867. The van der Waals surface area contributed by atoms with Gasteiger partial charge in [0.15, 0.2) is 0 Å². The summed E-state index contributed by atoms with van der Waals surface area (Å²) in [5, 5.41) is 0. The zero-order chi connectivity index (χ0) is 15.2. The Morgan fingerprint density at radius 1 is 1.45 bits per heavy atom. The van der Waals surface area contributed by atoms with Crippen LogP contribution < -0.4 is 0 Å². The summed E-state index contributed by atoms with van der Waals surface area (Å²) >= 11 is 0. The Kier molecular flexibility index (Phi) is 4.08. The molecule has 116 valence electrons. The molecule has 1 aliphatic heterocycles. The quantitative estimate of drug-likeness (QED) is 0.579. The Bertz CT molecular complexity index is 480. The van der Waals surface area contributed by atoms with Crippen LogP contribution in [-0.4, -0.2) is 42.3 Å². The third-order valence-electron chi connectivity index (χ3n) is 4.74. The van der Waals surface area contributed by atoms with Gasteiger partial charge in [-0.1, -0.05) is 6.08 Å². The van der Waals surface area contributed by atoms with Gasteiger partial charge in [0.2, 0.25) is 10.0 Å². The maximum Gasteiger partial charge on any atom is 0.220 e.